The van der Waals surface area contributed by atoms with E-state index in [1.165, 1.54) is 24.5 Å². The lowest BCUT2D eigenvalue weighted by molar-refractivity contribution is 0.102. The van der Waals surface area contributed by atoms with Crippen molar-refractivity contribution in [1.29, 1.82) is 0 Å². The summed E-state index contributed by atoms with van der Waals surface area (Å²) in [6, 6.07) is 9.56. The third-order valence-electron chi connectivity index (χ3n) is 3.67. The molecule has 3 rings (SSSR count). The Kier molecular flexibility index (Phi) is 5.14. The van der Waals surface area contributed by atoms with E-state index in [0.717, 1.165) is 11.1 Å². The number of nitrogens with zero attached hydrogens (tertiary/aromatic N) is 2. The first kappa shape index (κ1) is 17.8. The van der Waals surface area contributed by atoms with Crippen LogP contribution in [0.1, 0.15) is 21.6 Å². The minimum absolute atomic E-state index is 0.158. The van der Waals surface area contributed by atoms with Gasteiger partial charge in [-0.2, -0.15) is 0 Å². The maximum atomic E-state index is 12.9. The molecule has 26 heavy (non-hydrogen) atoms. The number of carbonyl (C=O) groups is 1. The maximum absolute atomic E-state index is 12.9. The zero-order valence-corrected chi connectivity index (χ0v) is 14.9. The van der Waals surface area contributed by atoms with Crippen molar-refractivity contribution in [1.82, 2.24) is 9.97 Å². The van der Waals surface area contributed by atoms with Gasteiger partial charge in [-0.05, 0) is 55.3 Å². The van der Waals surface area contributed by atoms with E-state index in [1.807, 2.05) is 19.9 Å². The number of hydrogen-bond donors (Lipinski definition) is 2. The second-order valence-corrected chi connectivity index (χ2v) is 6.22. The summed E-state index contributed by atoms with van der Waals surface area (Å²) in [6.07, 6.45) is 2.79. The van der Waals surface area contributed by atoms with Crippen LogP contribution in [0.5, 0.6) is 0 Å². The molecule has 1 aromatic heterocycles. The Hall–Kier alpha value is -2.99. The van der Waals surface area contributed by atoms with Gasteiger partial charge in [0.1, 0.15) is 17.3 Å². The highest BCUT2D eigenvalue weighted by Gasteiger charge is 2.13. The average molecular weight is 371 g/mol. The number of rotatable bonds is 4. The minimum Gasteiger partial charge on any atom is -0.339 e. The molecule has 3 aromatic rings. The second kappa shape index (κ2) is 7.49. The number of carbonyl (C=O) groups excluding carboxylic acids is 1. The molecule has 7 heteroatoms. The van der Waals surface area contributed by atoms with E-state index in [1.54, 1.807) is 18.2 Å². The smallest absolute Gasteiger partial charge is 0.275 e. The summed E-state index contributed by atoms with van der Waals surface area (Å²) < 4.78 is 12.9. The molecule has 1 amide bonds. The molecule has 0 atom stereocenters. The van der Waals surface area contributed by atoms with Crippen molar-refractivity contribution in [3.63, 3.8) is 0 Å². The van der Waals surface area contributed by atoms with Crippen LogP contribution in [0.2, 0.25) is 5.02 Å². The van der Waals surface area contributed by atoms with Crippen LogP contribution < -0.4 is 10.6 Å². The lowest BCUT2D eigenvalue weighted by Gasteiger charge is -2.11. The predicted octanol–water partition coefficient (Wildman–Crippen LogP) is 4.88. The quantitative estimate of drug-likeness (QED) is 0.686. The SMILES string of the molecule is Cc1cc(C)c(NC(=O)c2cnc(Nc3ccc(F)cc3)cn2)c(Cl)c1. The molecule has 5 nitrogen and oxygen atoms in total. The van der Waals surface area contributed by atoms with Crippen LogP contribution in [0.15, 0.2) is 48.8 Å². The molecule has 0 spiro atoms. The Morgan fingerprint density at radius 3 is 2.42 bits per heavy atom. The normalized spacial score (nSPS) is 10.5. The van der Waals surface area contributed by atoms with E-state index >= 15 is 0 Å². The molecule has 0 saturated heterocycles. The highest BCUT2D eigenvalue weighted by molar-refractivity contribution is 6.34. The molecule has 132 valence electrons. The van der Waals surface area contributed by atoms with E-state index in [0.29, 0.717) is 22.2 Å². The van der Waals surface area contributed by atoms with Gasteiger partial charge in [0.25, 0.3) is 5.91 Å². The summed E-state index contributed by atoms with van der Waals surface area (Å²) in [4.78, 5) is 20.6. The summed E-state index contributed by atoms with van der Waals surface area (Å²) in [6.45, 7) is 3.80. The third-order valence-corrected chi connectivity index (χ3v) is 3.97. The van der Waals surface area contributed by atoms with Gasteiger partial charge in [-0.1, -0.05) is 17.7 Å². The summed E-state index contributed by atoms with van der Waals surface area (Å²) >= 11 is 6.21. The molecule has 0 aliphatic carbocycles. The van der Waals surface area contributed by atoms with Gasteiger partial charge in [-0.25, -0.2) is 14.4 Å². The predicted molar refractivity (Wildman–Crippen MR) is 101 cm³/mol. The lowest BCUT2D eigenvalue weighted by Crippen LogP contribution is -2.15. The van der Waals surface area contributed by atoms with E-state index in [-0.39, 0.29) is 11.5 Å². The van der Waals surface area contributed by atoms with Crippen LogP contribution in [0.25, 0.3) is 0 Å². The van der Waals surface area contributed by atoms with Gasteiger partial charge < -0.3 is 10.6 Å². The third kappa shape index (κ3) is 4.15. The topological polar surface area (TPSA) is 66.9 Å². The van der Waals surface area contributed by atoms with Crippen molar-refractivity contribution >= 4 is 34.7 Å². The fourth-order valence-electron chi connectivity index (χ4n) is 2.44. The van der Waals surface area contributed by atoms with Gasteiger partial charge in [0, 0.05) is 5.69 Å². The Morgan fingerprint density at radius 1 is 1.08 bits per heavy atom. The van der Waals surface area contributed by atoms with Gasteiger partial charge in [0.05, 0.1) is 23.1 Å². The largest absolute Gasteiger partial charge is 0.339 e. The first-order valence-corrected chi connectivity index (χ1v) is 8.23. The number of aromatic nitrogens is 2. The Labute approximate surface area is 155 Å². The van der Waals surface area contributed by atoms with Crippen molar-refractivity contribution in [3.8, 4) is 0 Å². The molecule has 0 unspecified atom stereocenters. The molecule has 0 fully saturated rings. The van der Waals surface area contributed by atoms with Crippen molar-refractivity contribution in [2.24, 2.45) is 0 Å². The zero-order chi connectivity index (χ0) is 18.7. The molecular formula is C19H16ClFN4O. The minimum atomic E-state index is -0.403. The Balaban J connectivity index is 1.72. The maximum Gasteiger partial charge on any atom is 0.275 e. The molecular weight excluding hydrogens is 355 g/mol. The van der Waals surface area contributed by atoms with Crippen LogP contribution in [-0.4, -0.2) is 15.9 Å². The second-order valence-electron chi connectivity index (χ2n) is 5.81. The molecule has 1 heterocycles. The molecule has 0 saturated carbocycles. The molecule has 2 aromatic carbocycles. The van der Waals surface area contributed by atoms with Crippen LogP contribution in [0.4, 0.5) is 21.6 Å². The zero-order valence-electron chi connectivity index (χ0n) is 14.2. The Morgan fingerprint density at radius 2 is 1.81 bits per heavy atom. The van der Waals surface area contributed by atoms with Gasteiger partial charge >= 0.3 is 0 Å². The van der Waals surface area contributed by atoms with Gasteiger partial charge in [0.2, 0.25) is 0 Å². The number of anilines is 3. The van der Waals surface area contributed by atoms with Crippen LogP contribution in [0, 0.1) is 19.7 Å². The first-order chi connectivity index (χ1) is 12.4. The van der Waals surface area contributed by atoms with Crippen LogP contribution in [0.3, 0.4) is 0 Å². The number of aryl methyl sites for hydroxylation is 2. The molecule has 0 bridgehead atoms. The number of benzene rings is 2. The monoisotopic (exact) mass is 370 g/mol. The van der Waals surface area contributed by atoms with E-state index in [4.69, 9.17) is 11.6 Å². The van der Waals surface area contributed by atoms with Crippen molar-refractivity contribution in [3.05, 3.63) is 76.5 Å². The van der Waals surface area contributed by atoms with Gasteiger partial charge in [-0.3, -0.25) is 4.79 Å². The van der Waals surface area contributed by atoms with Crippen molar-refractivity contribution in [2.75, 3.05) is 10.6 Å². The van der Waals surface area contributed by atoms with Gasteiger partial charge in [0.15, 0.2) is 0 Å². The lowest BCUT2D eigenvalue weighted by atomic mass is 10.1. The number of amides is 1. The fourth-order valence-corrected chi connectivity index (χ4v) is 2.81. The summed E-state index contributed by atoms with van der Waals surface area (Å²) in [5, 5.41) is 6.21. The number of hydrogen-bond acceptors (Lipinski definition) is 4. The van der Waals surface area contributed by atoms with Crippen LogP contribution in [-0.2, 0) is 0 Å². The van der Waals surface area contributed by atoms with E-state index in [2.05, 4.69) is 20.6 Å². The van der Waals surface area contributed by atoms with E-state index < -0.39 is 5.91 Å². The summed E-state index contributed by atoms with van der Waals surface area (Å²) in [5.41, 5.74) is 3.26. The molecule has 2 N–H and O–H groups in total. The Bertz CT molecular complexity index is 920. The first-order valence-electron chi connectivity index (χ1n) is 7.85. The highest BCUT2D eigenvalue weighted by Crippen LogP contribution is 2.27. The van der Waals surface area contributed by atoms with Crippen molar-refractivity contribution in [2.45, 2.75) is 13.8 Å². The fraction of sp³-hybridized carbons (Fsp3) is 0.105. The average Bonchev–Trinajstić information content (AvgIpc) is 2.60. The molecule has 0 aliphatic rings. The summed E-state index contributed by atoms with van der Waals surface area (Å²) in [5.74, 6) is -0.281. The van der Waals surface area contributed by atoms with Crippen molar-refractivity contribution < 1.29 is 9.18 Å². The van der Waals surface area contributed by atoms with Gasteiger partial charge in [-0.15, -0.1) is 0 Å². The highest BCUT2D eigenvalue weighted by atomic mass is 35.5. The standard InChI is InChI=1S/C19H16ClFN4O/c1-11-7-12(2)18(15(20)8-11)25-19(26)16-9-23-17(10-22-16)24-14-5-3-13(21)4-6-14/h3-10H,1-2H3,(H,23,24)(H,25,26). The molecule has 0 aliphatic heterocycles. The number of nitrogens with one attached hydrogen (secondary N) is 2. The number of halogens is 2. The van der Waals surface area contributed by atoms with Crippen LogP contribution >= 0.6 is 11.6 Å². The van der Waals surface area contributed by atoms with E-state index in [9.17, 15) is 9.18 Å². The molecule has 0 radical (unpaired) electrons. The summed E-state index contributed by atoms with van der Waals surface area (Å²) in [7, 11) is 0.